The zero-order valence-electron chi connectivity index (χ0n) is 11.3. The van der Waals surface area contributed by atoms with Gasteiger partial charge in [-0.25, -0.2) is 0 Å². The minimum absolute atomic E-state index is 0. The molecule has 0 aromatic heterocycles. The monoisotopic (exact) mass is 366 g/mol. The first kappa shape index (κ1) is 28.1. The van der Waals surface area contributed by atoms with E-state index in [1.54, 1.807) is 0 Å². The Morgan fingerprint density at radius 2 is 1.35 bits per heavy atom. The van der Waals surface area contributed by atoms with Crippen molar-refractivity contribution in [1.82, 2.24) is 5.32 Å². The molecule has 0 atom stereocenters. The van der Waals surface area contributed by atoms with Gasteiger partial charge in [-0.1, -0.05) is 0 Å². The maximum atomic E-state index is 5.60. The molecule has 0 unspecified atom stereocenters. The fraction of sp³-hybridized carbons (Fsp3) is 0.500. The molecular formula is C12H26Cl4N4. The van der Waals surface area contributed by atoms with Crippen LogP contribution in [0.2, 0.25) is 0 Å². The van der Waals surface area contributed by atoms with E-state index in [1.807, 2.05) is 24.3 Å². The summed E-state index contributed by atoms with van der Waals surface area (Å²) in [6, 6.07) is 7.80. The van der Waals surface area contributed by atoms with Crippen molar-refractivity contribution in [3.63, 3.8) is 0 Å². The minimum Gasteiger partial charge on any atom is -0.399 e. The van der Waals surface area contributed by atoms with Crippen LogP contribution in [0, 0.1) is 0 Å². The van der Waals surface area contributed by atoms with Gasteiger partial charge in [-0.2, -0.15) is 0 Å². The Hall–Kier alpha value is -0.100. The Morgan fingerprint density at radius 3 is 1.90 bits per heavy atom. The van der Waals surface area contributed by atoms with Gasteiger partial charge in [-0.05, 0) is 56.7 Å². The van der Waals surface area contributed by atoms with Crippen LogP contribution < -0.4 is 22.1 Å². The van der Waals surface area contributed by atoms with Crippen molar-refractivity contribution in [2.24, 2.45) is 5.73 Å². The van der Waals surface area contributed by atoms with Crippen LogP contribution in [-0.2, 0) is 0 Å². The van der Waals surface area contributed by atoms with Gasteiger partial charge in [-0.15, -0.1) is 49.6 Å². The van der Waals surface area contributed by atoms with Gasteiger partial charge < -0.3 is 22.1 Å². The molecule has 0 bridgehead atoms. The molecule has 0 saturated carbocycles. The number of nitrogens with two attached hydrogens (primary N) is 2. The summed E-state index contributed by atoms with van der Waals surface area (Å²) in [7, 11) is 0. The molecule has 6 N–H and O–H groups in total. The highest BCUT2D eigenvalue weighted by Gasteiger charge is 1.91. The van der Waals surface area contributed by atoms with Crippen LogP contribution in [0.3, 0.4) is 0 Å². The molecule has 0 aliphatic heterocycles. The summed E-state index contributed by atoms with van der Waals surface area (Å²) in [6.45, 7) is 3.77. The highest BCUT2D eigenvalue weighted by Crippen LogP contribution is 2.09. The van der Waals surface area contributed by atoms with E-state index in [0.29, 0.717) is 0 Å². The molecule has 0 spiro atoms. The third-order valence-corrected chi connectivity index (χ3v) is 2.33. The first-order valence-electron chi connectivity index (χ1n) is 5.83. The quantitative estimate of drug-likeness (QED) is 0.421. The van der Waals surface area contributed by atoms with Gasteiger partial charge >= 0.3 is 0 Å². The predicted octanol–water partition coefficient (Wildman–Crippen LogP) is 2.70. The van der Waals surface area contributed by atoms with E-state index in [0.717, 1.165) is 50.4 Å². The zero-order chi connectivity index (χ0) is 11.6. The lowest BCUT2D eigenvalue weighted by Crippen LogP contribution is -2.21. The third kappa shape index (κ3) is 14.3. The van der Waals surface area contributed by atoms with E-state index in [9.17, 15) is 0 Å². The average Bonchev–Trinajstić information content (AvgIpc) is 2.30. The number of nitrogen functional groups attached to an aromatic ring is 1. The van der Waals surface area contributed by atoms with Crippen LogP contribution in [0.25, 0.3) is 0 Å². The van der Waals surface area contributed by atoms with Crippen molar-refractivity contribution in [3.05, 3.63) is 24.3 Å². The number of rotatable bonds is 8. The summed E-state index contributed by atoms with van der Waals surface area (Å²) in [4.78, 5) is 0. The molecule has 0 aliphatic rings. The third-order valence-electron chi connectivity index (χ3n) is 2.33. The molecule has 0 heterocycles. The summed E-state index contributed by atoms with van der Waals surface area (Å²) in [6.07, 6.45) is 2.15. The lowest BCUT2D eigenvalue weighted by Gasteiger charge is -2.07. The molecule has 20 heavy (non-hydrogen) atoms. The van der Waals surface area contributed by atoms with Gasteiger partial charge in [0.15, 0.2) is 0 Å². The van der Waals surface area contributed by atoms with Gasteiger partial charge in [0.05, 0.1) is 0 Å². The van der Waals surface area contributed by atoms with Crippen molar-refractivity contribution in [3.8, 4) is 0 Å². The van der Waals surface area contributed by atoms with E-state index in [4.69, 9.17) is 11.5 Å². The normalized spacial score (nSPS) is 8.25. The minimum atomic E-state index is 0. The molecule has 4 nitrogen and oxygen atoms in total. The van der Waals surface area contributed by atoms with E-state index in [2.05, 4.69) is 10.6 Å². The van der Waals surface area contributed by atoms with Crippen LogP contribution in [0.4, 0.5) is 11.4 Å². The maximum absolute atomic E-state index is 5.60. The molecule has 0 saturated heterocycles. The molecule has 8 heteroatoms. The van der Waals surface area contributed by atoms with Gasteiger partial charge in [0.1, 0.15) is 0 Å². The molecule has 0 aliphatic carbocycles. The number of anilines is 2. The Kier molecular flexibility index (Phi) is 26.6. The van der Waals surface area contributed by atoms with E-state index in [1.165, 1.54) is 0 Å². The highest BCUT2D eigenvalue weighted by molar-refractivity contribution is 5.86. The van der Waals surface area contributed by atoms with Crippen molar-refractivity contribution in [1.29, 1.82) is 0 Å². The average molecular weight is 368 g/mol. The Balaban J connectivity index is -0.000000320. The van der Waals surface area contributed by atoms with E-state index < -0.39 is 0 Å². The molecule has 1 aromatic rings. The summed E-state index contributed by atoms with van der Waals surface area (Å²) < 4.78 is 0. The highest BCUT2D eigenvalue weighted by atomic mass is 35.5. The lowest BCUT2D eigenvalue weighted by molar-refractivity contribution is 0.637. The van der Waals surface area contributed by atoms with Crippen molar-refractivity contribution >= 4 is 61.0 Å². The molecular weight excluding hydrogens is 342 g/mol. The Morgan fingerprint density at radius 1 is 0.800 bits per heavy atom. The smallest absolute Gasteiger partial charge is 0.0341 e. The fourth-order valence-corrected chi connectivity index (χ4v) is 1.40. The second-order valence-corrected chi connectivity index (χ2v) is 3.79. The van der Waals surface area contributed by atoms with Crippen molar-refractivity contribution in [2.75, 3.05) is 37.2 Å². The number of halogens is 4. The topological polar surface area (TPSA) is 76.1 Å². The van der Waals surface area contributed by atoms with Crippen molar-refractivity contribution in [2.45, 2.75) is 12.8 Å². The molecule has 1 aromatic carbocycles. The van der Waals surface area contributed by atoms with Crippen LogP contribution in [0.5, 0.6) is 0 Å². The molecule has 0 fully saturated rings. The van der Waals surface area contributed by atoms with Crippen molar-refractivity contribution < 1.29 is 0 Å². The maximum Gasteiger partial charge on any atom is 0.0341 e. The number of hydrogen-bond donors (Lipinski definition) is 4. The second kappa shape index (κ2) is 18.9. The van der Waals surface area contributed by atoms with Crippen LogP contribution in [0.1, 0.15) is 12.8 Å². The second-order valence-electron chi connectivity index (χ2n) is 3.79. The Labute approximate surface area is 146 Å². The van der Waals surface area contributed by atoms with Crippen LogP contribution in [-0.4, -0.2) is 26.2 Å². The SMILES string of the molecule is Cl.Cl.Cl.Cl.NCCCNCCCNc1ccc(N)cc1. The summed E-state index contributed by atoms with van der Waals surface area (Å²) >= 11 is 0. The van der Waals surface area contributed by atoms with Gasteiger partial charge in [0.25, 0.3) is 0 Å². The molecule has 0 radical (unpaired) electrons. The van der Waals surface area contributed by atoms with E-state index >= 15 is 0 Å². The molecule has 1 rings (SSSR count). The largest absolute Gasteiger partial charge is 0.399 e. The Bertz CT molecular complexity index is 285. The van der Waals surface area contributed by atoms with Gasteiger partial charge in [0.2, 0.25) is 0 Å². The molecule has 122 valence electrons. The molecule has 0 amide bonds. The first-order chi connectivity index (χ1) is 7.83. The van der Waals surface area contributed by atoms with Gasteiger partial charge in [0, 0.05) is 17.9 Å². The number of benzene rings is 1. The summed E-state index contributed by atoms with van der Waals surface area (Å²) in [5.41, 5.74) is 12.9. The predicted molar refractivity (Wildman–Crippen MR) is 99.5 cm³/mol. The van der Waals surface area contributed by atoms with Crippen LogP contribution in [0.15, 0.2) is 24.3 Å². The standard InChI is InChI=1S/C12H22N4.4ClH/c13-7-1-8-15-9-2-10-16-12-5-3-11(14)4-6-12;;;;/h3-6,15-16H,1-2,7-10,13-14H2;4*1H. The van der Waals surface area contributed by atoms with Crippen LogP contribution >= 0.6 is 49.6 Å². The summed E-state index contributed by atoms with van der Waals surface area (Å²) in [5.74, 6) is 0. The van der Waals surface area contributed by atoms with Gasteiger partial charge in [-0.3, -0.25) is 0 Å². The number of hydrogen-bond acceptors (Lipinski definition) is 4. The lowest BCUT2D eigenvalue weighted by atomic mass is 10.3. The van der Waals surface area contributed by atoms with E-state index in [-0.39, 0.29) is 49.6 Å². The first-order valence-corrected chi connectivity index (χ1v) is 5.83. The number of nitrogens with one attached hydrogen (secondary N) is 2. The summed E-state index contributed by atoms with van der Waals surface area (Å²) in [5, 5.41) is 6.68. The zero-order valence-corrected chi connectivity index (χ0v) is 14.6. The fourth-order valence-electron chi connectivity index (χ4n) is 1.40.